The van der Waals surface area contributed by atoms with E-state index in [2.05, 4.69) is 0 Å². The Hall–Kier alpha value is -1.45. The van der Waals surface area contributed by atoms with E-state index < -0.39 is 4.92 Å². The standard InChI is InChI=1S/C7H4ClN3O2S/c8-4-1-6(11(12)13)5(10)2-7(4)14-3-9/h1-2H,10H2. The molecular formula is C7H4ClN3O2S. The van der Waals surface area contributed by atoms with Crippen molar-refractivity contribution in [3.8, 4) is 5.40 Å². The van der Waals surface area contributed by atoms with Crippen LogP contribution in [0.25, 0.3) is 0 Å². The minimum Gasteiger partial charge on any atom is -0.393 e. The average molecular weight is 230 g/mol. The molecule has 0 radical (unpaired) electrons. The van der Waals surface area contributed by atoms with Gasteiger partial charge in [-0.25, -0.2) is 0 Å². The third-order valence-corrected chi connectivity index (χ3v) is 2.51. The largest absolute Gasteiger partial charge is 0.393 e. The van der Waals surface area contributed by atoms with Crippen LogP contribution in [0.2, 0.25) is 5.02 Å². The molecule has 0 saturated heterocycles. The number of nitro benzene ring substituents is 1. The van der Waals surface area contributed by atoms with Crippen LogP contribution in [-0.2, 0) is 0 Å². The van der Waals surface area contributed by atoms with Crippen molar-refractivity contribution in [1.29, 1.82) is 5.26 Å². The maximum atomic E-state index is 10.4. The molecule has 0 bridgehead atoms. The second-order valence-electron chi connectivity index (χ2n) is 2.29. The van der Waals surface area contributed by atoms with Crippen molar-refractivity contribution in [2.75, 3.05) is 5.73 Å². The predicted octanol–water partition coefficient (Wildman–Crippen LogP) is 2.40. The molecule has 0 aromatic heterocycles. The van der Waals surface area contributed by atoms with Crippen molar-refractivity contribution in [2.24, 2.45) is 0 Å². The van der Waals surface area contributed by atoms with Crippen molar-refractivity contribution >= 4 is 34.7 Å². The van der Waals surface area contributed by atoms with Crippen LogP contribution in [0.5, 0.6) is 0 Å². The molecule has 0 atom stereocenters. The van der Waals surface area contributed by atoms with Gasteiger partial charge in [-0.05, 0) is 17.8 Å². The lowest BCUT2D eigenvalue weighted by Crippen LogP contribution is -1.95. The molecule has 0 unspecified atom stereocenters. The first-order chi connectivity index (χ1) is 6.56. The Morgan fingerprint density at radius 2 is 2.29 bits per heavy atom. The van der Waals surface area contributed by atoms with E-state index in [1.807, 2.05) is 5.40 Å². The number of hydrogen-bond donors (Lipinski definition) is 1. The number of thioether (sulfide) groups is 1. The highest BCUT2D eigenvalue weighted by molar-refractivity contribution is 8.03. The van der Waals surface area contributed by atoms with Gasteiger partial charge in [0.15, 0.2) is 0 Å². The van der Waals surface area contributed by atoms with Crippen molar-refractivity contribution < 1.29 is 4.92 Å². The van der Waals surface area contributed by atoms with E-state index in [1.54, 1.807) is 0 Å². The lowest BCUT2D eigenvalue weighted by molar-refractivity contribution is -0.383. The Morgan fingerprint density at radius 3 is 2.79 bits per heavy atom. The maximum Gasteiger partial charge on any atom is 0.293 e. The lowest BCUT2D eigenvalue weighted by Gasteiger charge is -2.01. The number of nitrogen functional groups attached to an aromatic ring is 1. The van der Waals surface area contributed by atoms with Gasteiger partial charge in [-0.15, -0.1) is 0 Å². The summed E-state index contributed by atoms with van der Waals surface area (Å²) in [6, 6.07) is 2.45. The summed E-state index contributed by atoms with van der Waals surface area (Å²) in [5, 5.41) is 20.8. The summed E-state index contributed by atoms with van der Waals surface area (Å²) in [5.41, 5.74) is 5.14. The smallest absolute Gasteiger partial charge is 0.293 e. The second kappa shape index (κ2) is 4.17. The van der Waals surface area contributed by atoms with E-state index in [9.17, 15) is 10.1 Å². The summed E-state index contributed by atoms with van der Waals surface area (Å²) < 4.78 is 0. The van der Waals surface area contributed by atoms with Gasteiger partial charge in [0.2, 0.25) is 0 Å². The minimum atomic E-state index is -0.623. The monoisotopic (exact) mass is 229 g/mol. The van der Waals surface area contributed by atoms with Crippen molar-refractivity contribution in [2.45, 2.75) is 4.90 Å². The average Bonchev–Trinajstić information content (AvgIpc) is 2.10. The second-order valence-corrected chi connectivity index (χ2v) is 3.53. The number of nitrogens with zero attached hydrogens (tertiary/aromatic N) is 2. The highest BCUT2D eigenvalue weighted by atomic mass is 35.5. The molecule has 0 amide bonds. The van der Waals surface area contributed by atoms with Crippen LogP contribution in [0, 0.1) is 20.8 Å². The van der Waals surface area contributed by atoms with Crippen LogP contribution < -0.4 is 5.73 Å². The molecule has 0 saturated carbocycles. The summed E-state index contributed by atoms with van der Waals surface area (Å²) >= 11 is 6.50. The highest BCUT2D eigenvalue weighted by Gasteiger charge is 2.15. The first kappa shape index (κ1) is 10.6. The molecule has 0 aliphatic carbocycles. The molecule has 0 aliphatic rings. The van der Waals surface area contributed by atoms with Gasteiger partial charge in [0.05, 0.1) is 9.95 Å². The molecule has 7 heteroatoms. The van der Waals surface area contributed by atoms with Crippen molar-refractivity contribution in [3.63, 3.8) is 0 Å². The van der Waals surface area contributed by atoms with Gasteiger partial charge < -0.3 is 5.73 Å². The number of nitriles is 1. The number of nitro groups is 1. The lowest BCUT2D eigenvalue weighted by atomic mass is 10.3. The Labute approximate surface area is 88.6 Å². The van der Waals surface area contributed by atoms with E-state index >= 15 is 0 Å². The van der Waals surface area contributed by atoms with E-state index in [0.717, 1.165) is 17.8 Å². The molecule has 1 aromatic rings. The van der Waals surface area contributed by atoms with Crippen LogP contribution >= 0.6 is 23.4 Å². The van der Waals surface area contributed by atoms with Crippen LogP contribution in [-0.4, -0.2) is 4.92 Å². The Morgan fingerprint density at radius 1 is 1.64 bits per heavy atom. The zero-order chi connectivity index (χ0) is 10.7. The molecule has 14 heavy (non-hydrogen) atoms. The molecule has 0 fully saturated rings. The summed E-state index contributed by atoms with van der Waals surface area (Å²) in [5.74, 6) is 0. The summed E-state index contributed by atoms with van der Waals surface area (Å²) in [4.78, 5) is 10.2. The molecule has 1 aromatic carbocycles. The molecule has 72 valence electrons. The number of thiocyanates is 1. The number of nitrogens with two attached hydrogens (primary N) is 1. The van der Waals surface area contributed by atoms with Crippen molar-refractivity contribution in [3.05, 3.63) is 27.3 Å². The summed E-state index contributed by atoms with van der Waals surface area (Å²) in [6.07, 6.45) is 0. The molecule has 5 nitrogen and oxygen atoms in total. The zero-order valence-corrected chi connectivity index (χ0v) is 8.30. The third-order valence-electron chi connectivity index (χ3n) is 1.43. The highest BCUT2D eigenvalue weighted by Crippen LogP contribution is 2.34. The fraction of sp³-hybridized carbons (Fsp3) is 0. The number of hydrogen-bond acceptors (Lipinski definition) is 5. The molecule has 0 spiro atoms. The Balaban J connectivity index is 3.25. The van der Waals surface area contributed by atoms with Crippen LogP contribution in [0.1, 0.15) is 0 Å². The number of anilines is 1. The summed E-state index contributed by atoms with van der Waals surface area (Å²) in [7, 11) is 0. The first-order valence-electron chi connectivity index (χ1n) is 3.35. The fourth-order valence-corrected chi connectivity index (χ4v) is 1.56. The normalized spacial score (nSPS) is 9.43. The summed E-state index contributed by atoms with van der Waals surface area (Å²) in [6.45, 7) is 0. The van der Waals surface area contributed by atoms with Gasteiger partial charge in [0.25, 0.3) is 5.69 Å². The van der Waals surface area contributed by atoms with Crippen LogP contribution in [0.4, 0.5) is 11.4 Å². The SMILES string of the molecule is N#CSc1cc(N)c([N+](=O)[O-])cc1Cl. The Bertz CT molecular complexity index is 430. The van der Waals surface area contributed by atoms with Gasteiger partial charge in [0.1, 0.15) is 11.1 Å². The van der Waals surface area contributed by atoms with Gasteiger partial charge in [-0.3, -0.25) is 10.1 Å². The molecule has 0 heterocycles. The van der Waals surface area contributed by atoms with E-state index in [1.165, 1.54) is 6.07 Å². The fourth-order valence-electron chi connectivity index (χ4n) is 0.844. The van der Waals surface area contributed by atoms with E-state index in [4.69, 9.17) is 22.6 Å². The topological polar surface area (TPSA) is 93.0 Å². The molecular weight excluding hydrogens is 226 g/mol. The zero-order valence-electron chi connectivity index (χ0n) is 6.73. The Kier molecular flexibility index (Phi) is 3.17. The number of benzene rings is 1. The first-order valence-corrected chi connectivity index (χ1v) is 4.55. The quantitative estimate of drug-likeness (QED) is 0.276. The molecule has 2 N–H and O–H groups in total. The van der Waals surface area contributed by atoms with Crippen LogP contribution in [0.3, 0.4) is 0 Å². The maximum absolute atomic E-state index is 10.4. The van der Waals surface area contributed by atoms with Gasteiger partial charge in [-0.1, -0.05) is 11.6 Å². The van der Waals surface area contributed by atoms with Gasteiger partial charge >= 0.3 is 0 Å². The number of halogens is 1. The van der Waals surface area contributed by atoms with E-state index in [-0.39, 0.29) is 16.4 Å². The molecule has 0 aliphatic heterocycles. The number of rotatable bonds is 2. The van der Waals surface area contributed by atoms with Gasteiger partial charge in [0, 0.05) is 11.0 Å². The minimum absolute atomic E-state index is 0.00264. The molecule has 1 rings (SSSR count). The van der Waals surface area contributed by atoms with E-state index in [0.29, 0.717) is 4.90 Å². The van der Waals surface area contributed by atoms with Gasteiger partial charge in [-0.2, -0.15) is 5.26 Å². The van der Waals surface area contributed by atoms with Crippen molar-refractivity contribution in [1.82, 2.24) is 0 Å². The predicted molar refractivity (Wildman–Crippen MR) is 54.0 cm³/mol. The van der Waals surface area contributed by atoms with Crippen LogP contribution in [0.15, 0.2) is 17.0 Å². The third kappa shape index (κ3) is 2.07.